The zero-order valence-corrected chi connectivity index (χ0v) is 11.0. The van der Waals surface area contributed by atoms with E-state index < -0.39 is 0 Å². The van der Waals surface area contributed by atoms with Gasteiger partial charge in [-0.1, -0.05) is 6.07 Å². The number of hydrogen-bond acceptors (Lipinski definition) is 2. The molecule has 0 aliphatic rings. The average Bonchev–Trinajstić information content (AvgIpc) is 2.68. The minimum Gasteiger partial charge on any atom is -0.392 e. The highest BCUT2D eigenvalue weighted by molar-refractivity contribution is 14.1. The van der Waals surface area contributed by atoms with Gasteiger partial charge in [0.15, 0.2) is 0 Å². The van der Waals surface area contributed by atoms with E-state index in [0.29, 0.717) is 5.88 Å². The fraction of sp³-hybridized carbons (Fsp3) is 0.200. The molecule has 0 atom stereocenters. The van der Waals surface area contributed by atoms with Gasteiger partial charge in [-0.3, -0.25) is 0 Å². The molecule has 0 radical (unpaired) electrons. The van der Waals surface area contributed by atoms with Crippen LogP contribution in [0.15, 0.2) is 17.5 Å². The zero-order valence-electron chi connectivity index (χ0n) is 7.26. The second-order valence-corrected chi connectivity index (χ2v) is 5.23. The van der Waals surface area contributed by atoms with Crippen LogP contribution in [0.1, 0.15) is 11.1 Å². The lowest BCUT2D eigenvalue weighted by molar-refractivity contribution is 0.283. The second kappa shape index (κ2) is 4.35. The number of aliphatic hydroxyl groups is 1. The van der Waals surface area contributed by atoms with Crippen molar-refractivity contribution in [2.24, 2.45) is 0 Å². The van der Waals surface area contributed by atoms with Gasteiger partial charge in [-0.15, -0.1) is 22.9 Å². The first kappa shape index (κ1) is 10.7. The molecule has 1 heterocycles. The van der Waals surface area contributed by atoms with E-state index in [-0.39, 0.29) is 6.61 Å². The molecular weight excluding hydrogens is 331 g/mol. The molecule has 1 N–H and O–H groups in total. The molecule has 0 unspecified atom stereocenters. The number of fused-ring (bicyclic) bond motifs is 1. The maximum Gasteiger partial charge on any atom is 0.0688 e. The van der Waals surface area contributed by atoms with Crippen LogP contribution >= 0.6 is 45.5 Å². The molecule has 0 saturated heterocycles. The van der Waals surface area contributed by atoms with Gasteiger partial charge in [-0.05, 0) is 50.6 Å². The Balaban J connectivity index is 2.80. The Morgan fingerprint density at radius 1 is 1.43 bits per heavy atom. The second-order valence-electron chi connectivity index (χ2n) is 2.96. The molecule has 0 saturated carbocycles. The Bertz CT molecular complexity index is 466. The van der Waals surface area contributed by atoms with Crippen molar-refractivity contribution in [3.63, 3.8) is 0 Å². The Morgan fingerprint density at radius 2 is 2.21 bits per heavy atom. The maximum absolute atomic E-state index is 9.22. The zero-order chi connectivity index (χ0) is 10.1. The first-order valence-electron chi connectivity index (χ1n) is 4.12. The lowest BCUT2D eigenvalue weighted by atomic mass is 10.1. The lowest BCUT2D eigenvalue weighted by Gasteiger charge is -2.06. The third-order valence-electron chi connectivity index (χ3n) is 2.16. The summed E-state index contributed by atoms with van der Waals surface area (Å²) in [4.78, 5) is 0. The van der Waals surface area contributed by atoms with E-state index in [0.717, 1.165) is 16.5 Å². The van der Waals surface area contributed by atoms with Crippen LogP contribution in [-0.4, -0.2) is 5.11 Å². The average molecular weight is 339 g/mol. The summed E-state index contributed by atoms with van der Waals surface area (Å²) in [6.45, 7) is 0.0774. The van der Waals surface area contributed by atoms with Crippen molar-refractivity contribution < 1.29 is 5.11 Å². The standard InChI is InChI=1S/C10H8ClIOS/c11-4-6-3-7(5-13)8-1-2-14-10(8)9(6)12/h1-3,13H,4-5H2. The van der Waals surface area contributed by atoms with Crippen molar-refractivity contribution in [1.29, 1.82) is 0 Å². The fourth-order valence-corrected chi connectivity index (χ4v) is 3.81. The molecule has 0 aliphatic carbocycles. The van der Waals surface area contributed by atoms with Gasteiger partial charge in [-0.2, -0.15) is 0 Å². The topological polar surface area (TPSA) is 20.2 Å². The third-order valence-corrected chi connectivity index (χ3v) is 4.97. The maximum atomic E-state index is 9.22. The SMILES string of the molecule is OCc1cc(CCl)c(I)c2sccc12. The monoisotopic (exact) mass is 338 g/mol. The van der Waals surface area contributed by atoms with E-state index in [2.05, 4.69) is 22.6 Å². The van der Waals surface area contributed by atoms with Crippen LogP contribution in [0.3, 0.4) is 0 Å². The molecule has 74 valence electrons. The van der Waals surface area contributed by atoms with Crippen LogP contribution in [-0.2, 0) is 12.5 Å². The molecule has 2 rings (SSSR count). The Labute approximate surface area is 105 Å². The van der Waals surface area contributed by atoms with E-state index in [4.69, 9.17) is 11.6 Å². The summed E-state index contributed by atoms with van der Waals surface area (Å²) in [5, 5.41) is 12.4. The number of hydrogen-bond donors (Lipinski definition) is 1. The predicted molar refractivity (Wildman–Crippen MR) is 70.0 cm³/mol. The molecule has 0 spiro atoms. The van der Waals surface area contributed by atoms with Gasteiger partial charge < -0.3 is 5.11 Å². The summed E-state index contributed by atoms with van der Waals surface area (Å²) in [6, 6.07) is 4.04. The first-order chi connectivity index (χ1) is 6.77. The van der Waals surface area contributed by atoms with Crippen molar-refractivity contribution in [3.8, 4) is 0 Å². The number of halogens is 2. The Hall–Kier alpha value is 0.160. The summed E-state index contributed by atoms with van der Waals surface area (Å²) in [7, 11) is 0. The van der Waals surface area contributed by atoms with E-state index in [1.165, 1.54) is 8.27 Å². The minimum absolute atomic E-state index is 0.0774. The Kier molecular flexibility index (Phi) is 3.31. The predicted octanol–water partition coefficient (Wildman–Crippen LogP) is 3.74. The van der Waals surface area contributed by atoms with Crippen LogP contribution in [0.4, 0.5) is 0 Å². The number of rotatable bonds is 2. The quantitative estimate of drug-likeness (QED) is 0.653. The van der Waals surface area contributed by atoms with Crippen LogP contribution in [0.5, 0.6) is 0 Å². The summed E-state index contributed by atoms with van der Waals surface area (Å²) in [6.07, 6.45) is 0. The van der Waals surface area contributed by atoms with Crippen molar-refractivity contribution in [2.45, 2.75) is 12.5 Å². The number of aliphatic hydroxyl groups excluding tert-OH is 1. The van der Waals surface area contributed by atoms with E-state index >= 15 is 0 Å². The molecule has 14 heavy (non-hydrogen) atoms. The van der Waals surface area contributed by atoms with Gasteiger partial charge in [-0.25, -0.2) is 0 Å². The van der Waals surface area contributed by atoms with Gasteiger partial charge in [0.25, 0.3) is 0 Å². The van der Waals surface area contributed by atoms with E-state index in [1.807, 2.05) is 17.5 Å². The van der Waals surface area contributed by atoms with Crippen LogP contribution < -0.4 is 0 Å². The number of benzene rings is 1. The van der Waals surface area contributed by atoms with Crippen molar-refractivity contribution >= 4 is 55.6 Å². The normalized spacial score (nSPS) is 11.1. The van der Waals surface area contributed by atoms with E-state index in [9.17, 15) is 5.11 Å². The third kappa shape index (κ3) is 1.66. The van der Waals surface area contributed by atoms with Crippen LogP contribution in [0.2, 0.25) is 0 Å². The molecule has 1 nitrogen and oxygen atoms in total. The highest BCUT2D eigenvalue weighted by Crippen LogP contribution is 2.32. The number of thiophene rings is 1. The first-order valence-corrected chi connectivity index (χ1v) is 6.61. The molecule has 0 fully saturated rings. The van der Waals surface area contributed by atoms with Crippen molar-refractivity contribution in [2.75, 3.05) is 0 Å². The molecule has 0 amide bonds. The Morgan fingerprint density at radius 3 is 2.86 bits per heavy atom. The van der Waals surface area contributed by atoms with Crippen molar-refractivity contribution in [3.05, 3.63) is 32.2 Å². The smallest absolute Gasteiger partial charge is 0.0688 e. The van der Waals surface area contributed by atoms with Gasteiger partial charge in [0.05, 0.1) is 6.61 Å². The molecule has 1 aromatic carbocycles. The molecule has 4 heteroatoms. The summed E-state index contributed by atoms with van der Waals surface area (Å²) < 4.78 is 2.44. The van der Waals surface area contributed by atoms with Gasteiger partial charge in [0, 0.05) is 14.2 Å². The van der Waals surface area contributed by atoms with Crippen LogP contribution in [0.25, 0.3) is 10.1 Å². The fourth-order valence-electron chi connectivity index (χ4n) is 1.46. The molecule has 0 aliphatic heterocycles. The van der Waals surface area contributed by atoms with Gasteiger partial charge >= 0.3 is 0 Å². The van der Waals surface area contributed by atoms with E-state index in [1.54, 1.807) is 11.3 Å². The van der Waals surface area contributed by atoms with Crippen LogP contribution in [0, 0.1) is 3.57 Å². The lowest BCUT2D eigenvalue weighted by Crippen LogP contribution is -1.91. The molecule has 2 aromatic rings. The highest BCUT2D eigenvalue weighted by atomic mass is 127. The minimum atomic E-state index is 0.0774. The summed E-state index contributed by atoms with van der Waals surface area (Å²) >= 11 is 9.86. The summed E-state index contributed by atoms with van der Waals surface area (Å²) in [5.41, 5.74) is 2.07. The van der Waals surface area contributed by atoms with Crippen molar-refractivity contribution in [1.82, 2.24) is 0 Å². The highest BCUT2D eigenvalue weighted by Gasteiger charge is 2.09. The van der Waals surface area contributed by atoms with Gasteiger partial charge in [0.2, 0.25) is 0 Å². The number of alkyl halides is 1. The molecule has 0 bridgehead atoms. The summed E-state index contributed by atoms with van der Waals surface area (Å²) in [5.74, 6) is 0.499. The largest absolute Gasteiger partial charge is 0.392 e. The molecule has 1 aromatic heterocycles. The van der Waals surface area contributed by atoms with Gasteiger partial charge in [0.1, 0.15) is 0 Å². The molecular formula is C10H8ClIOS.